The van der Waals surface area contributed by atoms with Crippen LogP contribution in [0, 0.1) is 13.8 Å². The predicted octanol–water partition coefficient (Wildman–Crippen LogP) is 3.77. The molecule has 0 heterocycles. The van der Waals surface area contributed by atoms with E-state index in [1.807, 2.05) is 0 Å². The van der Waals surface area contributed by atoms with Crippen LogP contribution in [0.1, 0.15) is 43.7 Å². The Kier molecular flexibility index (Phi) is 6.40. The number of anilines is 1. The molecule has 1 rings (SSSR count). The van der Waals surface area contributed by atoms with Gasteiger partial charge in [-0.25, -0.2) is 0 Å². The van der Waals surface area contributed by atoms with Crippen LogP contribution in [0.25, 0.3) is 0 Å². The van der Waals surface area contributed by atoms with Gasteiger partial charge in [-0.15, -0.1) is 0 Å². The quantitative estimate of drug-likeness (QED) is 0.726. The fourth-order valence-electron chi connectivity index (χ4n) is 2.30. The highest BCUT2D eigenvalue weighted by Crippen LogP contribution is 2.22. The van der Waals surface area contributed by atoms with E-state index in [1.165, 1.54) is 29.7 Å². The van der Waals surface area contributed by atoms with Crippen molar-refractivity contribution < 1.29 is 9.90 Å². The molecule has 0 bridgehead atoms. The lowest BCUT2D eigenvalue weighted by atomic mass is 10.1. The highest BCUT2D eigenvalue weighted by atomic mass is 16.4. The zero-order valence-corrected chi connectivity index (χ0v) is 12.3. The van der Waals surface area contributed by atoms with E-state index in [-0.39, 0.29) is 6.42 Å². The van der Waals surface area contributed by atoms with Crippen molar-refractivity contribution in [3.05, 3.63) is 29.3 Å². The number of hydrogen-bond acceptors (Lipinski definition) is 2. The lowest BCUT2D eigenvalue weighted by molar-refractivity contribution is -0.136. The minimum absolute atomic E-state index is 0.194. The maximum Gasteiger partial charge on any atom is 0.305 e. The molecule has 1 aromatic rings. The Morgan fingerprint density at radius 1 is 1.21 bits per heavy atom. The van der Waals surface area contributed by atoms with Gasteiger partial charge in [0.25, 0.3) is 0 Å². The summed E-state index contributed by atoms with van der Waals surface area (Å²) in [7, 11) is 0. The summed E-state index contributed by atoms with van der Waals surface area (Å²) in [6, 6.07) is 6.36. The molecular formula is C16H25NO2. The minimum Gasteiger partial charge on any atom is -0.481 e. The molecule has 0 atom stereocenters. The second kappa shape index (κ2) is 7.82. The van der Waals surface area contributed by atoms with Crippen molar-refractivity contribution in [1.29, 1.82) is 0 Å². The van der Waals surface area contributed by atoms with Gasteiger partial charge >= 0.3 is 5.97 Å². The smallest absolute Gasteiger partial charge is 0.305 e. The number of hydrogen-bond donors (Lipinski definition) is 1. The Hall–Kier alpha value is -1.51. The van der Waals surface area contributed by atoms with Gasteiger partial charge in [0.15, 0.2) is 0 Å². The molecule has 0 aliphatic carbocycles. The number of carbonyl (C=O) groups is 1. The summed E-state index contributed by atoms with van der Waals surface area (Å²) in [6.07, 6.45) is 3.68. The maximum atomic E-state index is 10.8. The first-order valence-corrected chi connectivity index (χ1v) is 7.08. The number of aryl methyl sites for hydroxylation is 2. The van der Waals surface area contributed by atoms with Crippen molar-refractivity contribution >= 4 is 11.7 Å². The summed E-state index contributed by atoms with van der Waals surface area (Å²) in [5.41, 5.74) is 3.64. The molecule has 0 amide bonds. The molecule has 0 aliphatic heterocycles. The average Bonchev–Trinajstić information content (AvgIpc) is 2.34. The highest BCUT2D eigenvalue weighted by molar-refractivity contribution is 5.68. The molecule has 0 fully saturated rings. The van der Waals surface area contributed by atoms with Crippen molar-refractivity contribution in [1.82, 2.24) is 0 Å². The first-order chi connectivity index (χ1) is 9.04. The number of carboxylic acid groups (broad SMARTS) is 1. The summed E-state index contributed by atoms with van der Waals surface area (Å²) in [4.78, 5) is 13.0. The van der Waals surface area contributed by atoms with Crippen LogP contribution in [-0.4, -0.2) is 24.2 Å². The van der Waals surface area contributed by atoms with Gasteiger partial charge in [-0.1, -0.05) is 37.5 Å². The lowest BCUT2D eigenvalue weighted by Gasteiger charge is -2.26. The largest absolute Gasteiger partial charge is 0.481 e. The average molecular weight is 263 g/mol. The summed E-state index contributed by atoms with van der Waals surface area (Å²) in [5.74, 6) is -0.731. The summed E-state index contributed by atoms with van der Waals surface area (Å²) in [5, 5.41) is 8.87. The Morgan fingerprint density at radius 2 is 1.95 bits per heavy atom. The fourth-order valence-corrected chi connectivity index (χ4v) is 2.30. The van der Waals surface area contributed by atoms with Crippen LogP contribution < -0.4 is 4.90 Å². The van der Waals surface area contributed by atoms with Crippen molar-refractivity contribution in [3.63, 3.8) is 0 Å². The van der Waals surface area contributed by atoms with E-state index in [2.05, 4.69) is 43.9 Å². The van der Waals surface area contributed by atoms with Crippen LogP contribution in [-0.2, 0) is 4.79 Å². The Morgan fingerprint density at radius 3 is 2.53 bits per heavy atom. The molecule has 0 aromatic heterocycles. The molecule has 19 heavy (non-hydrogen) atoms. The second-order valence-corrected chi connectivity index (χ2v) is 5.13. The van der Waals surface area contributed by atoms with Crippen LogP contribution in [0.5, 0.6) is 0 Å². The highest BCUT2D eigenvalue weighted by Gasteiger charge is 2.10. The Bertz CT molecular complexity index is 415. The van der Waals surface area contributed by atoms with E-state index in [9.17, 15) is 4.79 Å². The van der Waals surface area contributed by atoms with Gasteiger partial charge in [0.05, 0.1) is 6.42 Å². The molecule has 0 radical (unpaired) electrons. The fraction of sp³-hybridized carbons (Fsp3) is 0.562. The topological polar surface area (TPSA) is 40.5 Å². The third-order valence-corrected chi connectivity index (χ3v) is 3.32. The zero-order valence-electron chi connectivity index (χ0n) is 12.3. The molecule has 106 valence electrons. The molecule has 3 nitrogen and oxygen atoms in total. The molecule has 0 saturated carbocycles. The van der Waals surface area contributed by atoms with E-state index in [4.69, 9.17) is 5.11 Å². The first-order valence-electron chi connectivity index (χ1n) is 7.08. The van der Waals surface area contributed by atoms with Crippen molar-refractivity contribution in [2.45, 2.75) is 46.5 Å². The number of benzene rings is 1. The summed E-state index contributed by atoms with van der Waals surface area (Å²) >= 11 is 0. The number of carboxylic acids is 1. The SMILES string of the molecule is CCCCCN(CCC(=O)O)c1ccc(C)cc1C. The van der Waals surface area contributed by atoms with E-state index >= 15 is 0 Å². The molecule has 1 N–H and O–H groups in total. The van der Waals surface area contributed by atoms with Crippen LogP contribution in [0.3, 0.4) is 0 Å². The molecule has 0 spiro atoms. The molecule has 0 saturated heterocycles. The van der Waals surface area contributed by atoms with Gasteiger partial charge in [0.2, 0.25) is 0 Å². The van der Waals surface area contributed by atoms with Crippen molar-refractivity contribution in [2.75, 3.05) is 18.0 Å². The van der Waals surface area contributed by atoms with Crippen LogP contribution in [0.4, 0.5) is 5.69 Å². The third kappa shape index (κ3) is 5.33. The molecule has 0 aliphatic rings. The summed E-state index contributed by atoms with van der Waals surface area (Å²) < 4.78 is 0. The monoisotopic (exact) mass is 263 g/mol. The van der Waals surface area contributed by atoms with Gasteiger partial charge < -0.3 is 10.0 Å². The standard InChI is InChI=1S/C16H25NO2/c1-4-5-6-10-17(11-9-16(18)19)15-8-7-13(2)12-14(15)3/h7-8,12H,4-6,9-11H2,1-3H3,(H,18,19). The number of unbranched alkanes of at least 4 members (excludes halogenated alkanes) is 2. The normalized spacial score (nSPS) is 10.5. The third-order valence-electron chi connectivity index (χ3n) is 3.32. The molecule has 1 aromatic carbocycles. The van der Waals surface area contributed by atoms with Crippen LogP contribution in [0.15, 0.2) is 18.2 Å². The van der Waals surface area contributed by atoms with Crippen molar-refractivity contribution in [3.8, 4) is 0 Å². The summed E-state index contributed by atoms with van der Waals surface area (Å²) in [6.45, 7) is 7.87. The van der Waals surface area contributed by atoms with Crippen LogP contribution in [0.2, 0.25) is 0 Å². The maximum absolute atomic E-state index is 10.8. The minimum atomic E-state index is -0.731. The van der Waals surface area contributed by atoms with Gasteiger partial charge in [0, 0.05) is 18.8 Å². The second-order valence-electron chi connectivity index (χ2n) is 5.13. The number of rotatable bonds is 8. The lowest BCUT2D eigenvalue weighted by Crippen LogP contribution is -2.28. The molecule has 3 heteroatoms. The predicted molar refractivity (Wildman–Crippen MR) is 79.9 cm³/mol. The van der Waals surface area contributed by atoms with Gasteiger partial charge in [-0.2, -0.15) is 0 Å². The van der Waals surface area contributed by atoms with Gasteiger partial charge in [-0.3, -0.25) is 4.79 Å². The number of nitrogens with zero attached hydrogens (tertiary/aromatic N) is 1. The Balaban J connectivity index is 2.77. The zero-order chi connectivity index (χ0) is 14.3. The first kappa shape index (κ1) is 15.5. The van der Waals surface area contributed by atoms with E-state index in [0.717, 1.165) is 13.0 Å². The van der Waals surface area contributed by atoms with E-state index in [0.29, 0.717) is 6.54 Å². The molecular weight excluding hydrogens is 238 g/mol. The van der Waals surface area contributed by atoms with Gasteiger partial charge in [0.1, 0.15) is 0 Å². The van der Waals surface area contributed by atoms with Crippen LogP contribution >= 0.6 is 0 Å². The Labute approximate surface area is 116 Å². The van der Waals surface area contributed by atoms with E-state index < -0.39 is 5.97 Å². The number of aliphatic carboxylic acids is 1. The van der Waals surface area contributed by atoms with E-state index in [1.54, 1.807) is 0 Å². The van der Waals surface area contributed by atoms with Crippen molar-refractivity contribution in [2.24, 2.45) is 0 Å². The van der Waals surface area contributed by atoms with Gasteiger partial charge in [-0.05, 0) is 31.9 Å². The molecule has 0 unspecified atom stereocenters.